The van der Waals surface area contributed by atoms with Crippen LogP contribution in [0.15, 0.2) is 36.7 Å². The quantitative estimate of drug-likeness (QED) is 0.610. The van der Waals surface area contributed by atoms with Crippen molar-refractivity contribution in [2.45, 2.75) is 20.4 Å². The fourth-order valence-corrected chi connectivity index (χ4v) is 1.73. The molecule has 0 aromatic carbocycles. The first-order valence-electron chi connectivity index (χ1n) is 5.88. The van der Waals surface area contributed by atoms with E-state index in [1.54, 1.807) is 18.5 Å². The third-order valence-corrected chi connectivity index (χ3v) is 2.76. The number of hydrogen-bond donors (Lipinski definition) is 0. The summed E-state index contributed by atoms with van der Waals surface area (Å²) in [5.41, 5.74) is 2.31. The molecule has 0 fully saturated rings. The zero-order chi connectivity index (χ0) is 13.0. The molecule has 92 valence electrons. The van der Waals surface area contributed by atoms with Crippen LogP contribution in [-0.2, 0) is 6.54 Å². The highest BCUT2D eigenvalue weighted by atomic mass is 16.1. The third kappa shape index (κ3) is 2.53. The van der Waals surface area contributed by atoms with Gasteiger partial charge in [-0.15, -0.1) is 0 Å². The van der Waals surface area contributed by atoms with Crippen molar-refractivity contribution < 1.29 is 4.79 Å². The summed E-state index contributed by atoms with van der Waals surface area (Å²) < 4.78 is 1.81. The van der Waals surface area contributed by atoms with Crippen molar-refractivity contribution >= 4 is 11.9 Å². The van der Waals surface area contributed by atoms with Gasteiger partial charge in [0, 0.05) is 18.4 Å². The molecule has 0 saturated carbocycles. The number of allylic oxidation sites excluding steroid dienone is 1. The van der Waals surface area contributed by atoms with Gasteiger partial charge in [0.15, 0.2) is 5.78 Å². The number of nitrogens with zero attached hydrogens (tertiary/aromatic N) is 3. The highest BCUT2D eigenvalue weighted by Crippen LogP contribution is 2.09. The molecule has 0 N–H and O–H groups in total. The number of ketones is 1. The number of aryl methyl sites for hydroxylation is 1. The van der Waals surface area contributed by atoms with E-state index in [0.29, 0.717) is 5.56 Å². The van der Waals surface area contributed by atoms with Crippen molar-refractivity contribution in [2.24, 2.45) is 0 Å². The number of rotatable bonds is 4. The molecule has 2 aromatic rings. The van der Waals surface area contributed by atoms with Gasteiger partial charge in [0.25, 0.3) is 0 Å². The molecule has 0 aliphatic carbocycles. The van der Waals surface area contributed by atoms with Crippen LogP contribution in [0, 0.1) is 6.92 Å². The molecule has 4 nitrogen and oxygen atoms in total. The van der Waals surface area contributed by atoms with E-state index >= 15 is 0 Å². The molecule has 2 rings (SSSR count). The highest BCUT2D eigenvalue weighted by molar-refractivity contribution is 6.07. The van der Waals surface area contributed by atoms with Crippen LogP contribution < -0.4 is 0 Å². The predicted octanol–water partition coefficient (Wildman–Crippen LogP) is 2.50. The lowest BCUT2D eigenvalue weighted by atomic mass is 10.1. The summed E-state index contributed by atoms with van der Waals surface area (Å²) in [5.74, 6) is -0.0437. The van der Waals surface area contributed by atoms with Gasteiger partial charge in [-0.3, -0.25) is 14.5 Å². The molecule has 0 aliphatic heterocycles. The van der Waals surface area contributed by atoms with E-state index in [2.05, 4.69) is 10.1 Å². The number of pyridine rings is 1. The fraction of sp³-hybridized carbons (Fsp3) is 0.214. The lowest BCUT2D eigenvalue weighted by Crippen LogP contribution is -2.01. The first-order chi connectivity index (χ1) is 8.72. The first-order valence-corrected chi connectivity index (χ1v) is 5.88. The molecular weight excluding hydrogens is 226 g/mol. The molecule has 0 radical (unpaired) electrons. The van der Waals surface area contributed by atoms with E-state index in [4.69, 9.17) is 0 Å². The molecule has 2 heterocycles. The Hall–Kier alpha value is -2.23. The van der Waals surface area contributed by atoms with Gasteiger partial charge in [0.05, 0.1) is 17.5 Å². The monoisotopic (exact) mass is 241 g/mol. The van der Waals surface area contributed by atoms with Crippen LogP contribution in [0.3, 0.4) is 0 Å². The lowest BCUT2D eigenvalue weighted by Gasteiger charge is -1.99. The second kappa shape index (κ2) is 5.40. The zero-order valence-corrected chi connectivity index (χ0v) is 10.5. The number of carbonyl (C=O) groups excluding carboxylic acids is 1. The van der Waals surface area contributed by atoms with Crippen LogP contribution in [0.5, 0.6) is 0 Å². The van der Waals surface area contributed by atoms with Gasteiger partial charge in [0.2, 0.25) is 0 Å². The third-order valence-electron chi connectivity index (χ3n) is 2.76. The van der Waals surface area contributed by atoms with E-state index in [1.807, 2.05) is 36.7 Å². The van der Waals surface area contributed by atoms with Gasteiger partial charge in [-0.05, 0) is 38.1 Å². The predicted molar refractivity (Wildman–Crippen MR) is 70.2 cm³/mol. The van der Waals surface area contributed by atoms with Crippen molar-refractivity contribution in [2.75, 3.05) is 0 Å². The second-order valence-electron chi connectivity index (χ2n) is 3.91. The molecule has 2 aromatic heterocycles. The minimum atomic E-state index is -0.0437. The largest absolute Gasteiger partial charge is 0.289 e. The molecule has 0 amide bonds. The molecule has 0 saturated heterocycles. The van der Waals surface area contributed by atoms with Crippen LogP contribution in [-0.4, -0.2) is 20.5 Å². The Bertz CT molecular complexity index is 570. The summed E-state index contributed by atoms with van der Waals surface area (Å²) in [4.78, 5) is 16.1. The summed E-state index contributed by atoms with van der Waals surface area (Å²) in [6, 6.07) is 5.58. The molecule has 18 heavy (non-hydrogen) atoms. The summed E-state index contributed by atoms with van der Waals surface area (Å²) in [6.07, 6.45) is 6.56. The Morgan fingerprint density at radius 3 is 2.89 bits per heavy atom. The normalized spacial score (nSPS) is 11.0. The molecular formula is C14H15N3O. The first kappa shape index (κ1) is 12.2. The van der Waals surface area contributed by atoms with Gasteiger partial charge < -0.3 is 0 Å². The van der Waals surface area contributed by atoms with Crippen molar-refractivity contribution in [3.05, 3.63) is 53.6 Å². The highest BCUT2D eigenvalue weighted by Gasteiger charge is 2.10. The number of hydrogen-bond acceptors (Lipinski definition) is 3. The SMILES string of the molecule is CCn1ncc(C(=O)/C=C/c2ccccn2)c1C. The Balaban J connectivity index is 2.17. The molecule has 0 bridgehead atoms. The Morgan fingerprint density at radius 2 is 2.28 bits per heavy atom. The minimum absolute atomic E-state index is 0.0437. The van der Waals surface area contributed by atoms with E-state index in [9.17, 15) is 4.79 Å². The van der Waals surface area contributed by atoms with Gasteiger partial charge in [-0.25, -0.2) is 0 Å². The molecule has 0 spiro atoms. The van der Waals surface area contributed by atoms with Crippen molar-refractivity contribution in [3.8, 4) is 0 Å². The minimum Gasteiger partial charge on any atom is -0.289 e. The summed E-state index contributed by atoms with van der Waals surface area (Å²) in [6.45, 7) is 4.67. The summed E-state index contributed by atoms with van der Waals surface area (Å²) in [7, 11) is 0. The van der Waals surface area contributed by atoms with Crippen molar-refractivity contribution in [3.63, 3.8) is 0 Å². The van der Waals surface area contributed by atoms with Crippen molar-refractivity contribution in [1.82, 2.24) is 14.8 Å². The maximum atomic E-state index is 12.0. The van der Waals surface area contributed by atoms with E-state index in [1.165, 1.54) is 6.08 Å². The van der Waals surface area contributed by atoms with Gasteiger partial charge in [-0.2, -0.15) is 5.10 Å². The maximum Gasteiger partial charge on any atom is 0.189 e. The Morgan fingerprint density at radius 1 is 1.44 bits per heavy atom. The topological polar surface area (TPSA) is 47.8 Å². The molecule has 0 atom stereocenters. The molecule has 4 heteroatoms. The fourth-order valence-electron chi connectivity index (χ4n) is 1.73. The van der Waals surface area contributed by atoms with Crippen LogP contribution in [0.2, 0.25) is 0 Å². The van der Waals surface area contributed by atoms with E-state index in [0.717, 1.165) is 17.9 Å². The maximum absolute atomic E-state index is 12.0. The van der Waals surface area contributed by atoms with Crippen LogP contribution >= 0.6 is 0 Å². The van der Waals surface area contributed by atoms with Gasteiger partial charge >= 0.3 is 0 Å². The molecule has 0 unspecified atom stereocenters. The zero-order valence-electron chi connectivity index (χ0n) is 10.5. The smallest absolute Gasteiger partial charge is 0.189 e. The number of aromatic nitrogens is 3. The van der Waals surface area contributed by atoms with Crippen LogP contribution in [0.1, 0.15) is 28.7 Å². The summed E-state index contributed by atoms with van der Waals surface area (Å²) >= 11 is 0. The van der Waals surface area contributed by atoms with Crippen LogP contribution in [0.4, 0.5) is 0 Å². The average molecular weight is 241 g/mol. The Kier molecular flexibility index (Phi) is 3.67. The van der Waals surface area contributed by atoms with Gasteiger partial charge in [0.1, 0.15) is 0 Å². The number of carbonyl (C=O) groups is 1. The van der Waals surface area contributed by atoms with E-state index < -0.39 is 0 Å². The summed E-state index contributed by atoms with van der Waals surface area (Å²) in [5, 5.41) is 4.16. The van der Waals surface area contributed by atoms with E-state index in [-0.39, 0.29) is 5.78 Å². The second-order valence-corrected chi connectivity index (χ2v) is 3.91. The Labute approximate surface area is 106 Å². The van der Waals surface area contributed by atoms with Crippen LogP contribution in [0.25, 0.3) is 6.08 Å². The molecule has 0 aliphatic rings. The van der Waals surface area contributed by atoms with Gasteiger partial charge in [-0.1, -0.05) is 6.07 Å². The standard InChI is InChI=1S/C14H15N3O/c1-3-17-11(2)13(10-16-17)14(18)8-7-12-6-4-5-9-15-12/h4-10H,3H2,1-2H3/b8-7+. The average Bonchev–Trinajstić information content (AvgIpc) is 2.78. The van der Waals surface area contributed by atoms with Crippen molar-refractivity contribution in [1.29, 1.82) is 0 Å². The lowest BCUT2D eigenvalue weighted by molar-refractivity contribution is 0.104.